The highest BCUT2D eigenvalue weighted by molar-refractivity contribution is 6.05. The molecule has 1 unspecified atom stereocenters. The molecule has 136 valence electrons. The van der Waals surface area contributed by atoms with Gasteiger partial charge in [-0.1, -0.05) is 12.1 Å². The van der Waals surface area contributed by atoms with Crippen molar-refractivity contribution in [2.75, 3.05) is 18.4 Å². The summed E-state index contributed by atoms with van der Waals surface area (Å²) in [7, 11) is 0. The monoisotopic (exact) mass is 371 g/mol. The lowest BCUT2D eigenvalue weighted by atomic mass is 9.98. The first-order valence-corrected chi connectivity index (χ1v) is 8.62. The lowest BCUT2D eigenvalue weighted by Crippen LogP contribution is -2.13. The molecular formula is C19H22ClN5O. The predicted molar refractivity (Wildman–Crippen MR) is 104 cm³/mol. The number of aryl methyl sites for hydroxylation is 1. The molecule has 1 aliphatic rings. The number of rotatable bonds is 4. The Hall–Kier alpha value is -2.44. The highest BCUT2D eigenvalue weighted by Crippen LogP contribution is 2.18. The average molecular weight is 372 g/mol. The second kappa shape index (κ2) is 7.85. The van der Waals surface area contributed by atoms with Gasteiger partial charge < -0.3 is 10.6 Å². The Morgan fingerprint density at radius 2 is 2.12 bits per heavy atom. The molecule has 7 heteroatoms. The van der Waals surface area contributed by atoms with E-state index in [9.17, 15) is 4.79 Å². The van der Waals surface area contributed by atoms with Crippen molar-refractivity contribution in [3.63, 3.8) is 0 Å². The second-order valence-electron chi connectivity index (χ2n) is 6.56. The van der Waals surface area contributed by atoms with Crippen LogP contribution in [0.3, 0.4) is 0 Å². The SMILES string of the molecule is Cc1nc2c(NC(=O)c3ccc(CC4CCNC4)cc3)cccn2n1.Cl. The van der Waals surface area contributed by atoms with Gasteiger partial charge in [-0.2, -0.15) is 5.10 Å². The van der Waals surface area contributed by atoms with Gasteiger partial charge in [-0.3, -0.25) is 4.79 Å². The van der Waals surface area contributed by atoms with Gasteiger partial charge in [0, 0.05) is 11.8 Å². The number of aromatic nitrogens is 3. The van der Waals surface area contributed by atoms with Crippen molar-refractivity contribution in [3.05, 3.63) is 59.5 Å². The Morgan fingerprint density at radius 1 is 1.31 bits per heavy atom. The number of halogens is 1. The van der Waals surface area contributed by atoms with Gasteiger partial charge >= 0.3 is 0 Å². The third kappa shape index (κ3) is 3.86. The Bertz CT molecular complexity index is 900. The predicted octanol–water partition coefficient (Wildman–Crippen LogP) is 2.86. The molecule has 1 amide bonds. The second-order valence-corrected chi connectivity index (χ2v) is 6.56. The molecule has 2 N–H and O–H groups in total. The maximum atomic E-state index is 12.5. The summed E-state index contributed by atoms with van der Waals surface area (Å²) in [6.45, 7) is 4.03. The largest absolute Gasteiger partial charge is 0.319 e. The first kappa shape index (κ1) is 18.4. The summed E-state index contributed by atoms with van der Waals surface area (Å²) >= 11 is 0. The average Bonchev–Trinajstić information content (AvgIpc) is 3.24. The van der Waals surface area contributed by atoms with Crippen LogP contribution in [0.15, 0.2) is 42.6 Å². The summed E-state index contributed by atoms with van der Waals surface area (Å²) < 4.78 is 1.67. The molecule has 3 heterocycles. The molecule has 6 nitrogen and oxygen atoms in total. The molecule has 0 radical (unpaired) electrons. The minimum Gasteiger partial charge on any atom is -0.319 e. The van der Waals surface area contributed by atoms with E-state index in [1.54, 1.807) is 4.52 Å². The molecule has 1 atom stereocenters. The number of hydrogen-bond acceptors (Lipinski definition) is 4. The number of nitrogens with zero attached hydrogens (tertiary/aromatic N) is 3. The van der Waals surface area contributed by atoms with Crippen molar-refractivity contribution >= 4 is 29.6 Å². The third-order valence-corrected chi connectivity index (χ3v) is 4.62. The summed E-state index contributed by atoms with van der Waals surface area (Å²) in [6.07, 6.45) is 4.11. The van der Waals surface area contributed by atoms with Crippen LogP contribution in [0.2, 0.25) is 0 Å². The minimum atomic E-state index is -0.136. The third-order valence-electron chi connectivity index (χ3n) is 4.62. The van der Waals surface area contributed by atoms with Crippen molar-refractivity contribution in [3.8, 4) is 0 Å². The fourth-order valence-corrected chi connectivity index (χ4v) is 3.32. The zero-order valence-electron chi connectivity index (χ0n) is 14.6. The number of pyridine rings is 1. The Morgan fingerprint density at radius 3 is 2.85 bits per heavy atom. The zero-order chi connectivity index (χ0) is 17.2. The van der Waals surface area contributed by atoms with E-state index in [-0.39, 0.29) is 18.3 Å². The smallest absolute Gasteiger partial charge is 0.255 e. The van der Waals surface area contributed by atoms with Crippen LogP contribution in [0, 0.1) is 12.8 Å². The number of anilines is 1. The first-order chi connectivity index (χ1) is 12.2. The Balaban J connectivity index is 0.00000196. The molecule has 4 rings (SSSR count). The van der Waals surface area contributed by atoms with E-state index in [0.717, 1.165) is 19.5 Å². The zero-order valence-corrected chi connectivity index (χ0v) is 15.4. The number of nitrogens with one attached hydrogen (secondary N) is 2. The molecule has 1 saturated heterocycles. The van der Waals surface area contributed by atoms with Crippen molar-refractivity contribution in [2.24, 2.45) is 5.92 Å². The summed E-state index contributed by atoms with van der Waals surface area (Å²) in [6, 6.07) is 11.6. The van der Waals surface area contributed by atoms with Gasteiger partial charge in [-0.05, 0) is 68.6 Å². The molecule has 0 aliphatic carbocycles. The van der Waals surface area contributed by atoms with Gasteiger partial charge in [0.2, 0.25) is 0 Å². The first-order valence-electron chi connectivity index (χ1n) is 8.62. The normalized spacial score (nSPS) is 16.4. The summed E-state index contributed by atoms with van der Waals surface area (Å²) in [5, 5.41) is 10.6. The van der Waals surface area contributed by atoms with Crippen LogP contribution < -0.4 is 10.6 Å². The van der Waals surface area contributed by atoms with Crippen LogP contribution in [0.5, 0.6) is 0 Å². The van der Waals surface area contributed by atoms with E-state index in [1.165, 1.54) is 12.0 Å². The maximum Gasteiger partial charge on any atom is 0.255 e. The van der Waals surface area contributed by atoms with Crippen molar-refractivity contribution < 1.29 is 4.79 Å². The van der Waals surface area contributed by atoms with E-state index in [1.807, 2.05) is 37.4 Å². The van der Waals surface area contributed by atoms with Gasteiger partial charge in [0.05, 0.1) is 5.69 Å². The Kier molecular flexibility index (Phi) is 5.54. The van der Waals surface area contributed by atoms with Gasteiger partial charge in [-0.25, -0.2) is 9.50 Å². The number of carbonyl (C=O) groups is 1. The molecule has 0 spiro atoms. The van der Waals surface area contributed by atoms with Crippen LogP contribution in [0.1, 0.15) is 28.2 Å². The molecule has 1 fully saturated rings. The maximum absolute atomic E-state index is 12.5. The molecule has 2 aromatic heterocycles. The number of benzene rings is 1. The van der Waals surface area contributed by atoms with Gasteiger partial charge in [-0.15, -0.1) is 12.4 Å². The van der Waals surface area contributed by atoms with Gasteiger partial charge in [0.15, 0.2) is 5.65 Å². The molecule has 1 aliphatic heterocycles. The van der Waals surface area contributed by atoms with Crippen LogP contribution in [-0.4, -0.2) is 33.6 Å². The lowest BCUT2D eigenvalue weighted by Gasteiger charge is -2.09. The van der Waals surface area contributed by atoms with E-state index >= 15 is 0 Å². The van der Waals surface area contributed by atoms with Crippen LogP contribution in [0.4, 0.5) is 5.69 Å². The topological polar surface area (TPSA) is 71.3 Å². The molecule has 0 bridgehead atoms. The summed E-state index contributed by atoms with van der Waals surface area (Å²) in [5.41, 5.74) is 3.24. The van der Waals surface area contributed by atoms with Crippen LogP contribution in [-0.2, 0) is 6.42 Å². The fourth-order valence-electron chi connectivity index (χ4n) is 3.32. The molecule has 1 aromatic carbocycles. The van der Waals surface area contributed by atoms with Gasteiger partial charge in [0.1, 0.15) is 5.82 Å². The van der Waals surface area contributed by atoms with Crippen LogP contribution in [0.25, 0.3) is 5.65 Å². The highest BCUT2D eigenvalue weighted by atomic mass is 35.5. The quantitative estimate of drug-likeness (QED) is 0.739. The van der Waals surface area contributed by atoms with Crippen LogP contribution >= 0.6 is 12.4 Å². The number of carbonyl (C=O) groups excluding carboxylic acids is 1. The minimum absolute atomic E-state index is 0. The molecule has 0 saturated carbocycles. The van der Waals surface area contributed by atoms with E-state index in [4.69, 9.17) is 0 Å². The van der Waals surface area contributed by atoms with E-state index in [2.05, 4.69) is 32.8 Å². The fraction of sp³-hybridized carbons (Fsp3) is 0.316. The summed E-state index contributed by atoms with van der Waals surface area (Å²) in [5.74, 6) is 1.24. The van der Waals surface area contributed by atoms with Gasteiger partial charge in [0.25, 0.3) is 5.91 Å². The van der Waals surface area contributed by atoms with E-state index < -0.39 is 0 Å². The Labute approximate surface area is 158 Å². The highest BCUT2D eigenvalue weighted by Gasteiger charge is 2.15. The van der Waals surface area contributed by atoms with Crippen molar-refractivity contribution in [1.29, 1.82) is 0 Å². The number of hydrogen-bond donors (Lipinski definition) is 2. The van der Waals surface area contributed by atoms with Crippen molar-refractivity contribution in [2.45, 2.75) is 19.8 Å². The number of fused-ring (bicyclic) bond motifs is 1. The summed E-state index contributed by atoms with van der Waals surface area (Å²) in [4.78, 5) is 16.9. The van der Waals surface area contributed by atoms with E-state index in [0.29, 0.717) is 28.6 Å². The molecule has 3 aromatic rings. The standard InChI is InChI=1S/C19H21N5O.ClH/c1-13-21-18-17(3-2-10-24(18)23-13)22-19(25)16-6-4-14(5-7-16)11-15-8-9-20-12-15;/h2-7,10,15,20H,8-9,11-12H2,1H3,(H,22,25);1H. The number of amides is 1. The van der Waals surface area contributed by atoms with Crippen molar-refractivity contribution in [1.82, 2.24) is 19.9 Å². The lowest BCUT2D eigenvalue weighted by molar-refractivity contribution is 0.102. The molecule has 26 heavy (non-hydrogen) atoms. The molecular weight excluding hydrogens is 350 g/mol.